The minimum Gasteiger partial charge on any atom is -0.330 e. The number of hydrogen-bond acceptors (Lipinski definition) is 2. The fraction of sp³-hybridized carbons (Fsp3) is 0.625. The fourth-order valence-corrected chi connectivity index (χ4v) is 2.03. The van der Waals surface area contributed by atoms with Gasteiger partial charge >= 0.3 is 0 Å². The third kappa shape index (κ3) is 4.43. The van der Waals surface area contributed by atoms with Crippen LogP contribution in [0.1, 0.15) is 63.3 Å². The van der Waals surface area contributed by atoms with Crippen molar-refractivity contribution in [2.24, 2.45) is 11.5 Å². The number of rotatable bonds is 5. The van der Waals surface area contributed by atoms with E-state index < -0.39 is 0 Å². The minimum atomic E-state index is 0.0977. The van der Waals surface area contributed by atoms with Gasteiger partial charge in [-0.05, 0) is 54.8 Å². The van der Waals surface area contributed by atoms with E-state index in [0.717, 1.165) is 25.8 Å². The van der Waals surface area contributed by atoms with Gasteiger partial charge in [-0.2, -0.15) is 0 Å². The highest BCUT2D eigenvalue weighted by atomic mass is 14.6. The first-order valence-corrected chi connectivity index (χ1v) is 6.94. The molecule has 102 valence electrons. The molecule has 0 bridgehead atoms. The molecule has 0 aliphatic carbocycles. The van der Waals surface area contributed by atoms with Crippen LogP contribution in [0.15, 0.2) is 18.2 Å². The van der Waals surface area contributed by atoms with Crippen LogP contribution in [-0.2, 0) is 11.8 Å². The van der Waals surface area contributed by atoms with Gasteiger partial charge in [-0.15, -0.1) is 0 Å². The molecule has 0 aliphatic rings. The summed E-state index contributed by atoms with van der Waals surface area (Å²) in [5, 5.41) is 0. The van der Waals surface area contributed by atoms with E-state index in [9.17, 15) is 0 Å². The average Bonchev–Trinajstić information content (AvgIpc) is 2.28. The Bertz CT molecular complexity index is 375. The lowest BCUT2D eigenvalue weighted by Crippen LogP contribution is -2.14. The Morgan fingerprint density at radius 2 is 1.78 bits per heavy atom. The highest BCUT2D eigenvalue weighted by Gasteiger charge is 2.16. The molecule has 1 aromatic rings. The van der Waals surface area contributed by atoms with Crippen LogP contribution in [0.5, 0.6) is 0 Å². The number of aryl methyl sites for hydroxylation is 1. The maximum Gasteiger partial charge on any atom is 0.0266 e. The second-order valence-electron chi connectivity index (χ2n) is 6.25. The molecule has 0 aromatic heterocycles. The zero-order valence-electron chi connectivity index (χ0n) is 12.3. The van der Waals surface area contributed by atoms with Crippen LogP contribution in [0, 0.1) is 0 Å². The second-order valence-corrected chi connectivity index (χ2v) is 6.25. The molecule has 0 saturated carbocycles. The molecule has 4 N–H and O–H groups in total. The third-order valence-electron chi connectivity index (χ3n) is 3.33. The van der Waals surface area contributed by atoms with Crippen molar-refractivity contribution < 1.29 is 0 Å². The van der Waals surface area contributed by atoms with Crippen LogP contribution in [0.3, 0.4) is 0 Å². The molecule has 1 unspecified atom stereocenters. The van der Waals surface area contributed by atoms with Crippen LogP contribution in [0.4, 0.5) is 0 Å². The first-order chi connectivity index (χ1) is 8.34. The van der Waals surface area contributed by atoms with Crippen molar-refractivity contribution in [2.45, 2.75) is 58.4 Å². The summed E-state index contributed by atoms with van der Waals surface area (Å²) in [4.78, 5) is 0. The summed E-state index contributed by atoms with van der Waals surface area (Å²) in [5.41, 5.74) is 15.8. The highest BCUT2D eigenvalue weighted by molar-refractivity contribution is 5.35. The van der Waals surface area contributed by atoms with Gasteiger partial charge in [0, 0.05) is 6.04 Å². The molecule has 2 heteroatoms. The molecule has 1 aromatic carbocycles. The van der Waals surface area contributed by atoms with E-state index >= 15 is 0 Å². The quantitative estimate of drug-likeness (QED) is 0.786. The van der Waals surface area contributed by atoms with Gasteiger partial charge in [0.1, 0.15) is 0 Å². The lowest BCUT2D eigenvalue weighted by Gasteiger charge is -2.22. The lowest BCUT2D eigenvalue weighted by molar-refractivity contribution is 0.586. The Labute approximate surface area is 112 Å². The van der Waals surface area contributed by atoms with Crippen LogP contribution < -0.4 is 11.5 Å². The predicted octanol–water partition coefficient (Wildman–Crippen LogP) is 3.29. The van der Waals surface area contributed by atoms with Gasteiger partial charge in [0.2, 0.25) is 0 Å². The number of hydrogen-bond donors (Lipinski definition) is 2. The predicted molar refractivity (Wildman–Crippen MR) is 79.7 cm³/mol. The maximum atomic E-state index is 6.03. The monoisotopic (exact) mass is 248 g/mol. The summed E-state index contributed by atoms with van der Waals surface area (Å²) in [6.07, 6.45) is 3.34. The van der Waals surface area contributed by atoms with Gasteiger partial charge < -0.3 is 11.5 Å². The molecule has 0 aliphatic heterocycles. The van der Waals surface area contributed by atoms with E-state index in [2.05, 4.69) is 39.0 Å². The summed E-state index contributed by atoms with van der Waals surface area (Å²) < 4.78 is 0. The van der Waals surface area contributed by atoms with E-state index in [0.29, 0.717) is 0 Å². The topological polar surface area (TPSA) is 52.0 Å². The van der Waals surface area contributed by atoms with Crippen molar-refractivity contribution >= 4 is 0 Å². The average molecular weight is 248 g/mol. The van der Waals surface area contributed by atoms with Crippen molar-refractivity contribution in [1.29, 1.82) is 0 Å². The molecule has 0 heterocycles. The molecular formula is C16H28N2. The molecule has 0 radical (unpaired) electrons. The Morgan fingerprint density at radius 3 is 2.28 bits per heavy atom. The molecule has 18 heavy (non-hydrogen) atoms. The second kappa shape index (κ2) is 6.35. The van der Waals surface area contributed by atoms with Crippen molar-refractivity contribution in [1.82, 2.24) is 0 Å². The van der Waals surface area contributed by atoms with Gasteiger partial charge in [0.25, 0.3) is 0 Å². The van der Waals surface area contributed by atoms with Crippen LogP contribution in [-0.4, -0.2) is 6.54 Å². The SMILES string of the molecule is CC(N)c1cc(CCCCN)cc(C(C)(C)C)c1. The third-order valence-corrected chi connectivity index (χ3v) is 3.33. The van der Waals surface area contributed by atoms with Gasteiger partial charge in [0.05, 0.1) is 0 Å². The van der Waals surface area contributed by atoms with Crippen molar-refractivity contribution in [2.75, 3.05) is 6.54 Å². The number of nitrogens with two attached hydrogens (primary N) is 2. The molecule has 0 saturated heterocycles. The largest absolute Gasteiger partial charge is 0.330 e. The number of unbranched alkanes of at least 4 members (excludes halogenated alkanes) is 1. The molecule has 2 nitrogen and oxygen atoms in total. The highest BCUT2D eigenvalue weighted by Crippen LogP contribution is 2.27. The Balaban J connectivity index is 2.99. The van der Waals surface area contributed by atoms with E-state index in [-0.39, 0.29) is 11.5 Å². The normalized spacial score (nSPS) is 13.7. The molecule has 1 atom stereocenters. The first-order valence-electron chi connectivity index (χ1n) is 6.94. The van der Waals surface area contributed by atoms with Crippen molar-refractivity contribution in [3.05, 3.63) is 34.9 Å². The number of benzene rings is 1. The summed E-state index contributed by atoms with van der Waals surface area (Å²) in [6.45, 7) is 9.56. The van der Waals surface area contributed by atoms with Gasteiger partial charge in [-0.25, -0.2) is 0 Å². The van der Waals surface area contributed by atoms with Crippen molar-refractivity contribution in [3.63, 3.8) is 0 Å². The summed E-state index contributed by atoms with van der Waals surface area (Å²) >= 11 is 0. The Hall–Kier alpha value is -0.860. The van der Waals surface area contributed by atoms with Crippen LogP contribution >= 0.6 is 0 Å². The fourth-order valence-electron chi connectivity index (χ4n) is 2.03. The smallest absolute Gasteiger partial charge is 0.0266 e. The standard InChI is InChI=1S/C16H28N2/c1-12(18)14-9-13(7-5-6-8-17)10-15(11-14)16(2,3)4/h9-12H,5-8,17-18H2,1-4H3. The molecule has 1 rings (SSSR count). The summed E-state index contributed by atoms with van der Waals surface area (Å²) in [6, 6.07) is 6.91. The zero-order valence-corrected chi connectivity index (χ0v) is 12.3. The molecule has 0 amide bonds. The summed E-state index contributed by atoms with van der Waals surface area (Å²) in [5.74, 6) is 0. The first kappa shape index (κ1) is 15.2. The Morgan fingerprint density at radius 1 is 1.11 bits per heavy atom. The zero-order chi connectivity index (χ0) is 13.8. The molecule has 0 spiro atoms. The van der Waals surface area contributed by atoms with Crippen LogP contribution in [0.25, 0.3) is 0 Å². The minimum absolute atomic E-state index is 0.0977. The van der Waals surface area contributed by atoms with E-state index in [1.807, 2.05) is 6.92 Å². The Kier molecular flexibility index (Phi) is 5.36. The van der Waals surface area contributed by atoms with Gasteiger partial charge in [-0.3, -0.25) is 0 Å². The van der Waals surface area contributed by atoms with E-state index in [4.69, 9.17) is 11.5 Å². The van der Waals surface area contributed by atoms with E-state index in [1.165, 1.54) is 16.7 Å². The molecule has 0 fully saturated rings. The molecular weight excluding hydrogens is 220 g/mol. The summed E-state index contributed by atoms with van der Waals surface area (Å²) in [7, 11) is 0. The van der Waals surface area contributed by atoms with E-state index in [1.54, 1.807) is 0 Å². The van der Waals surface area contributed by atoms with Gasteiger partial charge in [0.15, 0.2) is 0 Å². The van der Waals surface area contributed by atoms with Gasteiger partial charge in [-0.1, -0.05) is 39.0 Å². The van der Waals surface area contributed by atoms with Crippen molar-refractivity contribution in [3.8, 4) is 0 Å². The van der Waals surface area contributed by atoms with Crippen LogP contribution in [0.2, 0.25) is 0 Å². The lowest BCUT2D eigenvalue weighted by atomic mass is 9.84. The maximum absolute atomic E-state index is 6.03.